The molecule has 37 heavy (non-hydrogen) atoms. The summed E-state index contributed by atoms with van der Waals surface area (Å²) in [6.45, 7) is 6.15. The van der Waals surface area contributed by atoms with Crippen LogP contribution in [0.2, 0.25) is 10.0 Å². The number of likely N-dealkylation sites (N-methyl/N-ethyl adjacent to an activating group) is 1. The summed E-state index contributed by atoms with van der Waals surface area (Å²) < 4.78 is 1.98. The van der Waals surface area contributed by atoms with Gasteiger partial charge in [0.1, 0.15) is 17.5 Å². The number of imidazole rings is 1. The molecular formula is C26H27Cl2N9. The van der Waals surface area contributed by atoms with E-state index in [0.29, 0.717) is 40.5 Å². The molecule has 1 saturated heterocycles. The van der Waals surface area contributed by atoms with Gasteiger partial charge in [-0.2, -0.15) is 5.26 Å². The van der Waals surface area contributed by atoms with Crippen molar-refractivity contribution in [1.82, 2.24) is 29.2 Å². The number of benzene rings is 1. The lowest BCUT2D eigenvalue weighted by Gasteiger charge is -2.31. The molecule has 1 aliphatic rings. The van der Waals surface area contributed by atoms with E-state index in [4.69, 9.17) is 38.4 Å². The van der Waals surface area contributed by atoms with E-state index in [1.54, 1.807) is 30.5 Å². The van der Waals surface area contributed by atoms with Crippen LogP contribution in [0.3, 0.4) is 0 Å². The molecule has 190 valence electrons. The zero-order valence-corrected chi connectivity index (χ0v) is 22.0. The Hall–Kier alpha value is -3.42. The van der Waals surface area contributed by atoms with Crippen molar-refractivity contribution in [3.05, 3.63) is 70.1 Å². The van der Waals surface area contributed by atoms with Crippen molar-refractivity contribution >= 4 is 40.6 Å². The largest absolute Gasteiger partial charge is 0.368 e. The monoisotopic (exact) mass is 535 g/mol. The molecule has 0 saturated carbocycles. The fourth-order valence-corrected chi connectivity index (χ4v) is 4.74. The van der Waals surface area contributed by atoms with Crippen molar-refractivity contribution in [2.75, 3.05) is 56.9 Å². The smallest absolute Gasteiger partial charge is 0.209 e. The van der Waals surface area contributed by atoms with Gasteiger partial charge in [0.2, 0.25) is 5.95 Å². The van der Waals surface area contributed by atoms with Gasteiger partial charge >= 0.3 is 0 Å². The lowest BCUT2D eigenvalue weighted by Crippen LogP contribution is -2.43. The summed E-state index contributed by atoms with van der Waals surface area (Å²) >= 11 is 12.6. The molecule has 0 aliphatic carbocycles. The number of piperazine rings is 1. The van der Waals surface area contributed by atoms with Crippen LogP contribution in [0.15, 0.2) is 48.8 Å². The maximum Gasteiger partial charge on any atom is 0.209 e. The fraction of sp³-hybridized carbons (Fsp3) is 0.308. The highest BCUT2D eigenvalue weighted by molar-refractivity contribution is 6.36. The van der Waals surface area contributed by atoms with Gasteiger partial charge < -0.3 is 15.5 Å². The van der Waals surface area contributed by atoms with E-state index in [9.17, 15) is 0 Å². The van der Waals surface area contributed by atoms with Crippen LogP contribution in [-0.4, -0.2) is 75.5 Å². The van der Waals surface area contributed by atoms with E-state index < -0.39 is 0 Å². The number of rotatable bonds is 8. The Bertz CT molecular complexity index is 1420. The van der Waals surface area contributed by atoms with Crippen LogP contribution >= 0.6 is 23.2 Å². The van der Waals surface area contributed by atoms with E-state index in [-0.39, 0.29) is 0 Å². The third-order valence-electron chi connectivity index (χ3n) is 6.30. The first kappa shape index (κ1) is 25.2. The number of nitrogens with one attached hydrogen (secondary N) is 2. The molecule has 5 rings (SSSR count). The van der Waals surface area contributed by atoms with Crippen LogP contribution in [0.5, 0.6) is 0 Å². The molecule has 3 aromatic heterocycles. The summed E-state index contributed by atoms with van der Waals surface area (Å²) in [4.78, 5) is 18.8. The molecule has 9 nitrogen and oxygen atoms in total. The minimum atomic E-state index is 0.528. The third-order valence-corrected chi connectivity index (χ3v) is 6.85. The van der Waals surface area contributed by atoms with Gasteiger partial charge in [-0.1, -0.05) is 23.2 Å². The Labute approximate surface area is 225 Å². The summed E-state index contributed by atoms with van der Waals surface area (Å²) in [5.74, 6) is 1.38. The molecule has 1 fully saturated rings. The number of aromatic nitrogens is 4. The van der Waals surface area contributed by atoms with E-state index in [2.05, 4.69) is 38.5 Å². The molecule has 1 aromatic carbocycles. The lowest BCUT2D eigenvalue weighted by atomic mass is 10.1. The summed E-state index contributed by atoms with van der Waals surface area (Å²) in [5, 5.41) is 16.7. The van der Waals surface area contributed by atoms with Gasteiger partial charge in [-0.15, -0.1) is 0 Å². The molecule has 4 heterocycles. The first-order valence-corrected chi connectivity index (χ1v) is 12.8. The normalized spacial score (nSPS) is 14.5. The summed E-state index contributed by atoms with van der Waals surface area (Å²) in [6.07, 6.45) is 3.60. The molecular weight excluding hydrogens is 509 g/mol. The average Bonchev–Trinajstić information content (AvgIpc) is 3.30. The topological polar surface area (TPSA) is 97.4 Å². The van der Waals surface area contributed by atoms with Gasteiger partial charge in [-0.05, 0) is 37.4 Å². The van der Waals surface area contributed by atoms with Crippen LogP contribution in [0.1, 0.15) is 11.3 Å². The second kappa shape index (κ2) is 11.3. The first-order chi connectivity index (χ1) is 18.0. The van der Waals surface area contributed by atoms with E-state index in [0.717, 1.165) is 55.3 Å². The first-order valence-electron chi connectivity index (χ1n) is 12.1. The van der Waals surface area contributed by atoms with Crippen LogP contribution < -0.4 is 10.6 Å². The van der Waals surface area contributed by atoms with Crippen molar-refractivity contribution < 1.29 is 0 Å². The average molecular weight is 536 g/mol. The van der Waals surface area contributed by atoms with Crippen molar-refractivity contribution in [2.24, 2.45) is 0 Å². The minimum absolute atomic E-state index is 0.528. The summed E-state index contributed by atoms with van der Waals surface area (Å²) in [7, 11) is 2.15. The molecule has 11 heteroatoms. The zero-order valence-electron chi connectivity index (χ0n) is 20.5. The molecule has 0 bridgehead atoms. The second-order valence-corrected chi connectivity index (χ2v) is 9.87. The third kappa shape index (κ3) is 6.12. The van der Waals surface area contributed by atoms with Gasteiger partial charge in [0.25, 0.3) is 0 Å². The number of hydrogen-bond donors (Lipinski definition) is 2. The molecule has 0 radical (unpaired) electrons. The Morgan fingerprint density at radius 3 is 2.54 bits per heavy atom. The Balaban J connectivity index is 1.37. The van der Waals surface area contributed by atoms with Crippen molar-refractivity contribution in [2.45, 2.75) is 6.54 Å². The maximum absolute atomic E-state index is 8.94. The van der Waals surface area contributed by atoms with E-state index in [1.165, 1.54) is 0 Å². The van der Waals surface area contributed by atoms with Crippen molar-refractivity contribution in [1.29, 1.82) is 5.26 Å². The summed E-state index contributed by atoms with van der Waals surface area (Å²) in [6, 6.07) is 13.0. The number of anilines is 2. The molecule has 0 atom stereocenters. The second-order valence-electron chi connectivity index (χ2n) is 9.03. The highest BCUT2D eigenvalue weighted by atomic mass is 35.5. The predicted octanol–water partition coefficient (Wildman–Crippen LogP) is 4.24. The molecule has 1 aliphatic heterocycles. The van der Waals surface area contributed by atoms with Gasteiger partial charge in [0, 0.05) is 74.9 Å². The molecule has 0 amide bonds. The van der Waals surface area contributed by atoms with Crippen LogP contribution in [0.25, 0.3) is 16.9 Å². The molecule has 4 aromatic rings. The van der Waals surface area contributed by atoms with Gasteiger partial charge in [-0.25, -0.2) is 15.0 Å². The van der Waals surface area contributed by atoms with Crippen molar-refractivity contribution in [3.63, 3.8) is 0 Å². The minimum Gasteiger partial charge on any atom is -0.368 e. The predicted molar refractivity (Wildman–Crippen MR) is 147 cm³/mol. The summed E-state index contributed by atoms with van der Waals surface area (Å²) in [5.41, 5.74) is 3.83. The number of nitriles is 1. The maximum atomic E-state index is 8.94. The zero-order chi connectivity index (χ0) is 25.8. The highest BCUT2D eigenvalue weighted by Gasteiger charge is 2.17. The SMILES string of the molecule is CN1CCN(Cc2cn3c(NCCNc4ccc(C#N)cn4)nc(-c4ccc(Cl)cc4Cl)cc3n2)CC1. The van der Waals surface area contributed by atoms with Gasteiger partial charge in [-0.3, -0.25) is 9.30 Å². The molecule has 0 spiro atoms. The lowest BCUT2D eigenvalue weighted by molar-refractivity contribution is 0.147. The van der Waals surface area contributed by atoms with Crippen molar-refractivity contribution in [3.8, 4) is 17.3 Å². The van der Waals surface area contributed by atoms with Crippen LogP contribution in [0.4, 0.5) is 11.8 Å². The molecule has 2 N–H and O–H groups in total. The van der Waals surface area contributed by atoms with Gasteiger partial charge in [0.15, 0.2) is 0 Å². The van der Waals surface area contributed by atoms with Gasteiger partial charge in [0.05, 0.1) is 22.0 Å². The van der Waals surface area contributed by atoms with E-state index >= 15 is 0 Å². The number of pyridine rings is 1. The number of fused-ring (bicyclic) bond motifs is 1. The number of hydrogen-bond acceptors (Lipinski definition) is 8. The fourth-order valence-electron chi connectivity index (χ4n) is 4.24. The van der Waals surface area contributed by atoms with Crippen LogP contribution in [-0.2, 0) is 6.54 Å². The Morgan fingerprint density at radius 2 is 1.81 bits per heavy atom. The Kier molecular flexibility index (Phi) is 7.72. The standard InChI is InChI=1S/C26H27Cl2N9/c1-35-8-10-36(11-9-35)16-20-17-37-25(33-20)13-23(21-4-3-19(27)12-22(21)28)34-26(37)31-7-6-30-24-5-2-18(14-29)15-32-24/h2-5,12-13,15,17H,6-11,16H2,1H3,(H,30,32)(H,31,34). The number of halogens is 2. The van der Waals surface area contributed by atoms with E-state index in [1.807, 2.05) is 22.7 Å². The number of nitrogens with zero attached hydrogens (tertiary/aromatic N) is 7. The highest BCUT2D eigenvalue weighted by Crippen LogP contribution is 2.31. The van der Waals surface area contributed by atoms with Crippen LogP contribution in [0, 0.1) is 11.3 Å². The Morgan fingerprint density at radius 1 is 1.00 bits per heavy atom. The molecule has 0 unspecified atom stereocenters. The quantitative estimate of drug-likeness (QED) is 0.323.